The molecule has 1 heterocycles. The first-order valence-corrected chi connectivity index (χ1v) is 5.62. The summed E-state index contributed by atoms with van der Waals surface area (Å²) in [6.45, 7) is 0.200. The van der Waals surface area contributed by atoms with Gasteiger partial charge >= 0.3 is 0 Å². The third-order valence-electron chi connectivity index (χ3n) is 2.82. The molecule has 0 saturated carbocycles. The van der Waals surface area contributed by atoms with Gasteiger partial charge in [-0.1, -0.05) is 0 Å². The van der Waals surface area contributed by atoms with Gasteiger partial charge in [0.1, 0.15) is 11.4 Å². The van der Waals surface area contributed by atoms with Crippen LogP contribution < -0.4 is 0 Å². The van der Waals surface area contributed by atoms with Crippen molar-refractivity contribution in [2.24, 2.45) is 0 Å². The van der Waals surface area contributed by atoms with Crippen molar-refractivity contribution in [2.75, 3.05) is 20.2 Å². The Morgan fingerprint density at radius 1 is 1.50 bits per heavy atom. The molecule has 0 fully saturated rings. The van der Waals surface area contributed by atoms with E-state index in [2.05, 4.69) is 0 Å². The molecule has 0 bridgehead atoms. The van der Waals surface area contributed by atoms with E-state index in [9.17, 15) is 9.18 Å². The summed E-state index contributed by atoms with van der Waals surface area (Å²) in [5, 5.41) is 9.37. The van der Waals surface area contributed by atoms with Gasteiger partial charge in [-0.2, -0.15) is 0 Å². The van der Waals surface area contributed by atoms with Crippen LogP contribution in [0.25, 0.3) is 11.0 Å². The molecule has 1 N–H and O–H groups in total. The first kappa shape index (κ1) is 12.6. The molecule has 0 aliphatic carbocycles. The SMILES string of the molecule is CN(CCO)C(=O)Cc1coc2ccc(F)cc12. The third-order valence-corrected chi connectivity index (χ3v) is 2.82. The normalized spacial score (nSPS) is 10.8. The van der Waals surface area contributed by atoms with Gasteiger partial charge < -0.3 is 14.4 Å². The Hall–Kier alpha value is -1.88. The molecule has 0 unspecified atom stereocenters. The van der Waals surface area contributed by atoms with Gasteiger partial charge in [0.25, 0.3) is 0 Å². The van der Waals surface area contributed by atoms with Crippen LogP contribution in [-0.2, 0) is 11.2 Å². The number of rotatable bonds is 4. The lowest BCUT2D eigenvalue weighted by Gasteiger charge is -2.14. The van der Waals surface area contributed by atoms with E-state index in [-0.39, 0.29) is 31.3 Å². The number of benzene rings is 1. The number of hydrogen-bond donors (Lipinski definition) is 1. The Morgan fingerprint density at radius 2 is 2.28 bits per heavy atom. The fourth-order valence-electron chi connectivity index (χ4n) is 1.76. The van der Waals surface area contributed by atoms with Crippen molar-refractivity contribution in [1.82, 2.24) is 4.90 Å². The van der Waals surface area contributed by atoms with E-state index in [1.165, 1.54) is 29.4 Å². The second-order valence-electron chi connectivity index (χ2n) is 4.12. The van der Waals surface area contributed by atoms with Gasteiger partial charge in [-0.25, -0.2) is 4.39 Å². The zero-order chi connectivity index (χ0) is 13.1. The number of carbonyl (C=O) groups excluding carboxylic acids is 1. The zero-order valence-electron chi connectivity index (χ0n) is 10.0. The zero-order valence-corrected chi connectivity index (χ0v) is 10.0. The highest BCUT2D eigenvalue weighted by molar-refractivity contribution is 5.87. The molecule has 0 saturated heterocycles. The molecule has 4 nitrogen and oxygen atoms in total. The fourth-order valence-corrected chi connectivity index (χ4v) is 1.76. The van der Waals surface area contributed by atoms with Crippen LogP contribution in [0.15, 0.2) is 28.9 Å². The van der Waals surface area contributed by atoms with E-state index in [0.717, 1.165) is 0 Å². The Bertz CT molecular complexity index is 564. The van der Waals surface area contributed by atoms with Gasteiger partial charge in [0, 0.05) is 24.5 Å². The van der Waals surface area contributed by atoms with Crippen LogP contribution in [0, 0.1) is 5.82 Å². The number of aliphatic hydroxyl groups is 1. The quantitative estimate of drug-likeness (QED) is 0.897. The van der Waals surface area contributed by atoms with Crippen LogP contribution >= 0.6 is 0 Å². The molecule has 18 heavy (non-hydrogen) atoms. The maximum atomic E-state index is 13.1. The van der Waals surface area contributed by atoms with Gasteiger partial charge in [0.05, 0.1) is 19.3 Å². The van der Waals surface area contributed by atoms with Crippen molar-refractivity contribution >= 4 is 16.9 Å². The van der Waals surface area contributed by atoms with E-state index in [4.69, 9.17) is 9.52 Å². The summed E-state index contributed by atoms with van der Waals surface area (Å²) in [7, 11) is 1.61. The minimum atomic E-state index is -0.360. The number of halogens is 1. The van der Waals surface area contributed by atoms with E-state index >= 15 is 0 Å². The number of furan rings is 1. The summed E-state index contributed by atoms with van der Waals surface area (Å²) in [5.74, 6) is -0.502. The standard InChI is InChI=1S/C13H14FNO3/c1-15(4-5-16)13(17)6-9-8-18-12-3-2-10(14)7-11(9)12/h2-3,7-8,16H,4-6H2,1H3. The first-order chi connectivity index (χ1) is 8.61. The number of fused-ring (bicyclic) bond motifs is 1. The number of aliphatic hydroxyl groups excluding tert-OH is 1. The highest BCUT2D eigenvalue weighted by atomic mass is 19.1. The summed E-state index contributed by atoms with van der Waals surface area (Å²) < 4.78 is 18.4. The molecule has 0 spiro atoms. The summed E-state index contributed by atoms with van der Waals surface area (Å²) in [4.78, 5) is 13.2. The first-order valence-electron chi connectivity index (χ1n) is 5.62. The summed E-state index contributed by atoms with van der Waals surface area (Å²) in [6, 6.07) is 4.21. The van der Waals surface area contributed by atoms with Crippen molar-refractivity contribution in [3.63, 3.8) is 0 Å². The van der Waals surface area contributed by atoms with Crippen LogP contribution in [0.1, 0.15) is 5.56 Å². The fraction of sp³-hybridized carbons (Fsp3) is 0.308. The second-order valence-corrected chi connectivity index (χ2v) is 4.12. The Morgan fingerprint density at radius 3 is 3.00 bits per heavy atom. The molecule has 1 aromatic carbocycles. The molecule has 1 aromatic heterocycles. The highest BCUT2D eigenvalue weighted by Crippen LogP contribution is 2.22. The number of amides is 1. The number of likely N-dealkylation sites (N-methyl/N-ethyl adjacent to an activating group) is 1. The molecule has 96 valence electrons. The lowest BCUT2D eigenvalue weighted by Crippen LogP contribution is -2.30. The molecule has 0 atom stereocenters. The predicted octanol–water partition coefficient (Wildman–Crippen LogP) is 1.57. The molecule has 1 amide bonds. The average Bonchev–Trinajstić information content (AvgIpc) is 2.72. The molecule has 5 heteroatoms. The van der Waals surface area contributed by atoms with Crippen LogP contribution in [0.3, 0.4) is 0 Å². The van der Waals surface area contributed by atoms with Crippen LogP contribution in [0.4, 0.5) is 4.39 Å². The minimum absolute atomic E-state index is 0.0804. The minimum Gasteiger partial charge on any atom is -0.464 e. The molecule has 0 radical (unpaired) electrons. The molecule has 0 aliphatic heterocycles. The van der Waals surface area contributed by atoms with Gasteiger partial charge in [0.15, 0.2) is 0 Å². The van der Waals surface area contributed by atoms with Crippen molar-refractivity contribution in [3.05, 3.63) is 35.8 Å². The van der Waals surface area contributed by atoms with E-state index in [1.54, 1.807) is 7.05 Å². The van der Waals surface area contributed by atoms with Crippen LogP contribution in [0.5, 0.6) is 0 Å². The smallest absolute Gasteiger partial charge is 0.226 e. The van der Waals surface area contributed by atoms with Crippen molar-refractivity contribution in [3.8, 4) is 0 Å². The number of nitrogens with zero attached hydrogens (tertiary/aromatic N) is 1. The maximum Gasteiger partial charge on any atom is 0.226 e. The summed E-state index contributed by atoms with van der Waals surface area (Å²) >= 11 is 0. The largest absolute Gasteiger partial charge is 0.464 e. The van der Waals surface area contributed by atoms with Gasteiger partial charge in [0.2, 0.25) is 5.91 Å². The lowest BCUT2D eigenvalue weighted by atomic mass is 10.1. The number of carbonyl (C=O) groups is 1. The van der Waals surface area contributed by atoms with E-state index in [0.29, 0.717) is 16.5 Å². The Labute approximate surface area is 104 Å². The van der Waals surface area contributed by atoms with Crippen LogP contribution in [-0.4, -0.2) is 36.1 Å². The highest BCUT2D eigenvalue weighted by Gasteiger charge is 2.13. The summed E-state index contributed by atoms with van der Waals surface area (Å²) in [5.41, 5.74) is 1.21. The van der Waals surface area contributed by atoms with Crippen molar-refractivity contribution < 1.29 is 18.7 Å². The molecule has 2 rings (SSSR count). The maximum absolute atomic E-state index is 13.1. The van der Waals surface area contributed by atoms with Gasteiger partial charge in [-0.3, -0.25) is 4.79 Å². The number of hydrogen-bond acceptors (Lipinski definition) is 3. The molecule has 2 aromatic rings. The van der Waals surface area contributed by atoms with Crippen LogP contribution in [0.2, 0.25) is 0 Å². The molecular weight excluding hydrogens is 237 g/mol. The molecular formula is C13H14FNO3. The van der Waals surface area contributed by atoms with Gasteiger partial charge in [-0.05, 0) is 18.2 Å². The second kappa shape index (κ2) is 5.18. The predicted molar refractivity (Wildman–Crippen MR) is 64.6 cm³/mol. The topological polar surface area (TPSA) is 53.7 Å². The average molecular weight is 251 g/mol. The van der Waals surface area contributed by atoms with Crippen molar-refractivity contribution in [1.29, 1.82) is 0 Å². The third kappa shape index (κ3) is 2.51. The molecule has 0 aliphatic rings. The monoisotopic (exact) mass is 251 g/mol. The van der Waals surface area contributed by atoms with E-state index < -0.39 is 0 Å². The lowest BCUT2D eigenvalue weighted by molar-refractivity contribution is -0.129. The Balaban J connectivity index is 2.21. The van der Waals surface area contributed by atoms with E-state index in [1.807, 2.05) is 0 Å². The Kier molecular flexibility index (Phi) is 3.62. The van der Waals surface area contributed by atoms with Gasteiger partial charge in [-0.15, -0.1) is 0 Å². The summed E-state index contributed by atoms with van der Waals surface area (Å²) in [6.07, 6.45) is 1.60. The van der Waals surface area contributed by atoms with Crippen molar-refractivity contribution in [2.45, 2.75) is 6.42 Å².